The molecular formula is C18H43O11Si2Ti. The summed E-state index contributed by atoms with van der Waals surface area (Å²) in [5, 5.41) is 8.07. The number of aliphatic hydroxyl groups is 1. The van der Waals surface area contributed by atoms with Crippen molar-refractivity contribution < 1.29 is 67.7 Å². The Morgan fingerprint density at radius 2 is 1.50 bits per heavy atom. The topological polar surface area (TPSA) is 135 Å². The molecular weight excluding hydrogens is 496 g/mol. The third-order valence-electron chi connectivity index (χ3n) is 4.03. The van der Waals surface area contributed by atoms with Crippen LogP contribution < -0.4 is 0 Å². The second-order valence-corrected chi connectivity index (χ2v) is 12.2. The molecule has 14 heteroatoms. The van der Waals surface area contributed by atoms with Crippen LogP contribution in [0.1, 0.15) is 26.2 Å². The van der Waals surface area contributed by atoms with Gasteiger partial charge in [0.25, 0.3) is 0 Å². The summed E-state index contributed by atoms with van der Waals surface area (Å²) < 4.78 is 57.0. The van der Waals surface area contributed by atoms with Gasteiger partial charge in [-0.1, -0.05) is 19.9 Å². The molecule has 1 saturated heterocycles. The van der Waals surface area contributed by atoms with E-state index in [9.17, 15) is 0 Å². The average Bonchev–Trinajstić information content (AvgIpc) is 3.65. The average molecular weight is 540 g/mol. The zero-order valence-electron chi connectivity index (χ0n) is 20.6. The molecule has 1 aliphatic heterocycles. The van der Waals surface area contributed by atoms with Gasteiger partial charge in [0.15, 0.2) is 0 Å². The quantitative estimate of drug-likeness (QED) is 0.177. The Labute approximate surface area is 204 Å². The first-order valence-electron chi connectivity index (χ1n) is 10.1. The first kappa shape index (κ1) is 36.8. The third kappa shape index (κ3) is 20.9. The molecule has 0 aliphatic carbocycles. The van der Waals surface area contributed by atoms with Crippen LogP contribution in [0.3, 0.4) is 0 Å². The SMILES string of the molecule is C=C[Si](OC)(OC)OC.CCCCO.CO[Si](CCCOCC1CO1)(OC)OC.[O]=[Ti][OH]. The van der Waals surface area contributed by atoms with Crippen molar-refractivity contribution in [3.8, 4) is 0 Å². The van der Waals surface area contributed by atoms with E-state index >= 15 is 0 Å². The van der Waals surface area contributed by atoms with Crippen LogP contribution in [0.5, 0.6) is 0 Å². The van der Waals surface area contributed by atoms with Gasteiger partial charge in [0.2, 0.25) is 0 Å². The van der Waals surface area contributed by atoms with Crippen molar-refractivity contribution in [3.05, 3.63) is 12.3 Å². The molecule has 1 unspecified atom stereocenters. The summed E-state index contributed by atoms with van der Waals surface area (Å²) in [5.41, 5.74) is 1.58. The van der Waals surface area contributed by atoms with Crippen molar-refractivity contribution >= 4 is 17.6 Å². The van der Waals surface area contributed by atoms with Gasteiger partial charge in [0.1, 0.15) is 6.10 Å². The number of hydrogen-bond acceptors (Lipinski definition) is 10. The fourth-order valence-electron chi connectivity index (χ4n) is 1.98. The number of ether oxygens (including phenoxy) is 2. The summed E-state index contributed by atoms with van der Waals surface area (Å²) >= 11 is -1.75. The molecule has 0 bridgehead atoms. The van der Waals surface area contributed by atoms with E-state index in [1.165, 1.54) is 0 Å². The van der Waals surface area contributed by atoms with Crippen molar-refractivity contribution in [1.82, 2.24) is 0 Å². The van der Waals surface area contributed by atoms with E-state index in [0.29, 0.717) is 25.9 Å². The van der Waals surface area contributed by atoms with Crippen molar-refractivity contribution in [1.29, 1.82) is 0 Å². The number of unbranched alkanes of at least 4 members (excludes halogenated alkanes) is 1. The summed E-state index contributed by atoms with van der Waals surface area (Å²) in [6, 6.07) is 0.780. The van der Waals surface area contributed by atoms with Gasteiger partial charge in [0.05, 0.1) is 13.2 Å². The van der Waals surface area contributed by atoms with Crippen LogP contribution >= 0.6 is 0 Å². The molecule has 1 rings (SSSR count). The van der Waals surface area contributed by atoms with Gasteiger partial charge in [-0.2, -0.15) is 0 Å². The van der Waals surface area contributed by atoms with Crippen molar-refractivity contribution in [2.24, 2.45) is 0 Å². The monoisotopic (exact) mass is 539 g/mol. The van der Waals surface area contributed by atoms with E-state index < -0.39 is 37.1 Å². The standard InChI is InChI=1S/C9H20O5Si.C5H12O3Si.C4H10O.H2O.O.Ti/c1-10-15(11-2,12-3)6-4-5-13-7-9-8-14-9;1-5-9(6-2,7-3)8-4;1-2-3-4-5;;;/h9H,4-8H2,1-3H3;5H,1H2,2-4H3;5H,2-4H2,1H3;1H2;;/q;;;;;+1/p-1. The van der Waals surface area contributed by atoms with Gasteiger partial charge in [-0.05, 0) is 18.5 Å². The van der Waals surface area contributed by atoms with Crippen LogP contribution in [-0.4, -0.2) is 102 Å². The van der Waals surface area contributed by atoms with Crippen LogP contribution in [0.25, 0.3) is 0 Å². The Morgan fingerprint density at radius 1 is 1.03 bits per heavy atom. The zero-order valence-corrected chi connectivity index (χ0v) is 24.1. The van der Waals surface area contributed by atoms with Gasteiger partial charge < -0.3 is 41.1 Å². The molecule has 32 heavy (non-hydrogen) atoms. The summed E-state index contributed by atoms with van der Waals surface area (Å²) in [6.07, 6.45) is 3.25. The van der Waals surface area contributed by atoms with E-state index in [-0.39, 0.29) is 0 Å². The van der Waals surface area contributed by atoms with Crippen molar-refractivity contribution in [3.63, 3.8) is 0 Å². The first-order chi connectivity index (χ1) is 15.3. The van der Waals surface area contributed by atoms with Gasteiger partial charge in [-0.25, -0.2) is 0 Å². The first-order valence-corrected chi connectivity index (χ1v) is 15.2. The normalized spacial score (nSPS) is 14.5. The number of epoxide rings is 1. The maximum absolute atomic E-state index is 8.61. The van der Waals surface area contributed by atoms with E-state index in [4.69, 9.17) is 48.1 Å². The molecule has 0 aromatic heterocycles. The van der Waals surface area contributed by atoms with Gasteiger partial charge in [-0.3, -0.25) is 0 Å². The zero-order chi connectivity index (χ0) is 25.3. The molecule has 1 heterocycles. The van der Waals surface area contributed by atoms with Gasteiger partial charge in [0, 0.05) is 61.9 Å². The molecule has 2 N–H and O–H groups in total. The van der Waals surface area contributed by atoms with E-state index in [2.05, 4.69) is 13.5 Å². The Balaban J connectivity index is -0.000000420. The van der Waals surface area contributed by atoms with Crippen molar-refractivity contribution in [2.75, 3.05) is 69.1 Å². The van der Waals surface area contributed by atoms with Crippen LogP contribution in [0, 0.1) is 0 Å². The van der Waals surface area contributed by atoms with Crippen LogP contribution in [-0.2, 0) is 58.9 Å². The summed E-state index contributed by atoms with van der Waals surface area (Å²) in [6.45, 7) is 8.16. The van der Waals surface area contributed by atoms with Crippen molar-refractivity contribution in [2.45, 2.75) is 38.3 Å². The van der Waals surface area contributed by atoms with Gasteiger partial charge >= 0.3 is 44.1 Å². The molecule has 1 atom stereocenters. The molecule has 11 nitrogen and oxygen atoms in total. The fourth-order valence-corrected chi connectivity index (χ4v) is 4.67. The van der Waals surface area contributed by atoms with Crippen LogP contribution in [0.2, 0.25) is 6.04 Å². The third-order valence-corrected chi connectivity index (χ3v) is 9.07. The summed E-state index contributed by atoms with van der Waals surface area (Å²) in [5.74, 6) is 0. The number of hydrogen-bond donors (Lipinski definition) is 2. The predicted molar refractivity (Wildman–Crippen MR) is 119 cm³/mol. The van der Waals surface area contributed by atoms with E-state index in [0.717, 1.165) is 31.9 Å². The Hall–Kier alpha value is 0.288. The molecule has 0 aromatic rings. The molecule has 1 aliphatic rings. The van der Waals surface area contributed by atoms with E-state index in [1.54, 1.807) is 48.4 Å². The number of rotatable bonds is 15. The summed E-state index contributed by atoms with van der Waals surface area (Å²) in [7, 11) is 4.68. The maximum atomic E-state index is 8.61. The van der Waals surface area contributed by atoms with Gasteiger partial charge in [-0.15, -0.1) is 0 Å². The Kier molecular flexibility index (Phi) is 29.8. The molecule has 0 spiro atoms. The molecule has 0 aromatic carbocycles. The van der Waals surface area contributed by atoms with Crippen LogP contribution in [0.4, 0.5) is 0 Å². The van der Waals surface area contributed by atoms with Crippen LogP contribution in [0.15, 0.2) is 12.3 Å². The second-order valence-electron chi connectivity index (χ2n) is 6.02. The molecule has 0 amide bonds. The minimum absolute atomic E-state index is 0.333. The van der Waals surface area contributed by atoms with E-state index in [1.807, 2.05) is 0 Å². The summed E-state index contributed by atoms with van der Waals surface area (Å²) in [4.78, 5) is 0. The Morgan fingerprint density at radius 3 is 1.72 bits per heavy atom. The minimum atomic E-state index is -2.43. The fraction of sp³-hybridized carbons (Fsp3) is 0.889. The Bertz CT molecular complexity index is 392. The predicted octanol–water partition coefficient (Wildman–Crippen LogP) is 1.36. The molecule has 193 valence electrons. The molecule has 0 saturated carbocycles. The molecule has 0 radical (unpaired) electrons. The molecule has 1 fully saturated rings. The second kappa shape index (κ2) is 25.9. The number of aliphatic hydroxyl groups excluding tert-OH is 1.